The minimum atomic E-state index is -0.924. The lowest BCUT2D eigenvalue weighted by Gasteiger charge is -2.35. The molecule has 1 unspecified atom stereocenters. The highest BCUT2D eigenvalue weighted by atomic mass is 16.5. The molecule has 0 aliphatic carbocycles. The third kappa shape index (κ3) is 3.71. The van der Waals surface area contributed by atoms with E-state index in [1.807, 2.05) is 30.3 Å². The predicted octanol–water partition coefficient (Wildman–Crippen LogP) is 1.24. The van der Waals surface area contributed by atoms with Crippen molar-refractivity contribution in [2.45, 2.75) is 12.5 Å². The molecule has 0 bridgehead atoms. The van der Waals surface area contributed by atoms with Crippen molar-refractivity contribution in [3.63, 3.8) is 0 Å². The van der Waals surface area contributed by atoms with E-state index >= 15 is 0 Å². The molecule has 0 aromatic heterocycles. The van der Waals surface area contributed by atoms with Gasteiger partial charge in [0.1, 0.15) is 0 Å². The van der Waals surface area contributed by atoms with Crippen molar-refractivity contribution in [1.29, 1.82) is 0 Å². The van der Waals surface area contributed by atoms with E-state index in [1.54, 1.807) is 4.90 Å². The number of urea groups is 1. The summed E-state index contributed by atoms with van der Waals surface area (Å²) in [5.41, 5.74) is 1.01. The maximum absolute atomic E-state index is 12.1. The minimum absolute atomic E-state index is 0.0773. The lowest BCUT2D eigenvalue weighted by Crippen LogP contribution is -2.48. The van der Waals surface area contributed by atoms with Crippen molar-refractivity contribution < 1.29 is 19.4 Å². The summed E-state index contributed by atoms with van der Waals surface area (Å²) in [6.07, 6.45) is -0.0773. The van der Waals surface area contributed by atoms with Gasteiger partial charge in [0.05, 0.1) is 25.7 Å². The van der Waals surface area contributed by atoms with Crippen LogP contribution in [0.3, 0.4) is 0 Å². The average Bonchev–Trinajstić information content (AvgIpc) is 2.47. The first-order valence-corrected chi connectivity index (χ1v) is 6.57. The first-order valence-electron chi connectivity index (χ1n) is 6.57. The number of benzene rings is 1. The fourth-order valence-electron chi connectivity index (χ4n) is 2.18. The Kier molecular flexibility index (Phi) is 4.95. The quantitative estimate of drug-likeness (QED) is 0.868. The van der Waals surface area contributed by atoms with Crippen LogP contribution in [0.2, 0.25) is 0 Å². The van der Waals surface area contributed by atoms with Crippen molar-refractivity contribution >= 4 is 12.0 Å². The molecular weight excluding hydrogens is 260 g/mol. The summed E-state index contributed by atoms with van der Waals surface area (Å²) in [7, 11) is 0. The molecule has 0 spiro atoms. The Balaban J connectivity index is 2.00. The van der Waals surface area contributed by atoms with E-state index in [2.05, 4.69) is 5.32 Å². The second kappa shape index (κ2) is 6.91. The Morgan fingerprint density at radius 2 is 2.10 bits per heavy atom. The van der Waals surface area contributed by atoms with Gasteiger partial charge in [0.15, 0.2) is 0 Å². The number of carboxylic acid groups (broad SMARTS) is 1. The maximum Gasteiger partial charge on any atom is 0.318 e. The Morgan fingerprint density at radius 3 is 2.80 bits per heavy atom. The summed E-state index contributed by atoms with van der Waals surface area (Å²) in [5, 5.41) is 11.2. The number of rotatable bonds is 4. The van der Waals surface area contributed by atoms with Crippen LogP contribution in [-0.4, -0.2) is 48.3 Å². The van der Waals surface area contributed by atoms with E-state index in [-0.39, 0.29) is 25.0 Å². The molecule has 1 fully saturated rings. The molecule has 2 N–H and O–H groups in total. The number of ether oxygens (including phenoxy) is 1. The summed E-state index contributed by atoms with van der Waals surface area (Å²) in [6, 6.07) is 9.30. The Hall–Kier alpha value is -2.08. The van der Waals surface area contributed by atoms with E-state index in [9.17, 15) is 9.59 Å². The molecule has 20 heavy (non-hydrogen) atoms. The number of hydrogen-bond donors (Lipinski definition) is 2. The monoisotopic (exact) mass is 278 g/mol. The van der Waals surface area contributed by atoms with E-state index in [0.717, 1.165) is 5.56 Å². The third-order valence-corrected chi connectivity index (χ3v) is 3.19. The summed E-state index contributed by atoms with van der Waals surface area (Å²) in [6.45, 7) is 1.58. The molecule has 1 saturated heterocycles. The van der Waals surface area contributed by atoms with Gasteiger partial charge in [0.2, 0.25) is 0 Å². The number of morpholine rings is 1. The van der Waals surface area contributed by atoms with Crippen LogP contribution in [0.1, 0.15) is 18.0 Å². The molecule has 6 heteroatoms. The van der Waals surface area contributed by atoms with Crippen LogP contribution in [0.4, 0.5) is 4.79 Å². The predicted molar refractivity (Wildman–Crippen MR) is 72.4 cm³/mol. The first-order chi connectivity index (χ1) is 9.68. The van der Waals surface area contributed by atoms with Gasteiger partial charge < -0.3 is 20.1 Å². The van der Waals surface area contributed by atoms with E-state index < -0.39 is 5.97 Å². The van der Waals surface area contributed by atoms with Crippen molar-refractivity contribution in [3.05, 3.63) is 35.9 Å². The normalized spacial score (nSPS) is 18.6. The second-order valence-electron chi connectivity index (χ2n) is 4.57. The lowest BCUT2D eigenvalue weighted by atomic mass is 10.1. The molecule has 108 valence electrons. The number of carbonyl (C=O) groups is 2. The van der Waals surface area contributed by atoms with E-state index in [0.29, 0.717) is 19.8 Å². The maximum atomic E-state index is 12.1. The molecular formula is C14H18N2O4. The zero-order chi connectivity index (χ0) is 14.4. The van der Waals surface area contributed by atoms with Crippen LogP contribution < -0.4 is 5.32 Å². The molecule has 1 aliphatic rings. The second-order valence-corrected chi connectivity index (χ2v) is 4.57. The molecule has 0 saturated carbocycles. The molecule has 1 aliphatic heterocycles. The largest absolute Gasteiger partial charge is 0.481 e. The van der Waals surface area contributed by atoms with Crippen LogP contribution in [0.15, 0.2) is 30.3 Å². The average molecular weight is 278 g/mol. The molecule has 2 amide bonds. The highest BCUT2D eigenvalue weighted by Gasteiger charge is 2.28. The molecule has 6 nitrogen and oxygen atoms in total. The molecule has 1 atom stereocenters. The van der Waals surface area contributed by atoms with Gasteiger partial charge in [-0.25, -0.2) is 4.79 Å². The third-order valence-electron chi connectivity index (χ3n) is 3.19. The van der Waals surface area contributed by atoms with Gasteiger partial charge in [0.25, 0.3) is 0 Å². The SMILES string of the molecule is O=C(O)CCNC(=O)N1CCOCC1c1ccccc1. The molecule has 1 aromatic rings. The van der Waals surface area contributed by atoms with Crippen molar-refractivity contribution in [1.82, 2.24) is 10.2 Å². The number of carbonyl (C=O) groups excluding carboxylic acids is 1. The van der Waals surface area contributed by atoms with Crippen LogP contribution in [0.5, 0.6) is 0 Å². The van der Waals surface area contributed by atoms with Gasteiger partial charge in [0, 0.05) is 13.1 Å². The fraction of sp³-hybridized carbons (Fsp3) is 0.429. The molecule has 1 heterocycles. The molecule has 2 rings (SSSR count). The summed E-state index contributed by atoms with van der Waals surface area (Å²) in [4.78, 5) is 24.3. The van der Waals surface area contributed by atoms with Gasteiger partial charge >= 0.3 is 12.0 Å². The Bertz CT molecular complexity index is 464. The van der Waals surface area contributed by atoms with E-state index in [1.165, 1.54) is 0 Å². The van der Waals surface area contributed by atoms with E-state index in [4.69, 9.17) is 9.84 Å². The van der Waals surface area contributed by atoms with Gasteiger partial charge in [-0.15, -0.1) is 0 Å². The standard InChI is InChI=1S/C14H18N2O4/c17-13(18)6-7-15-14(19)16-8-9-20-10-12(16)11-4-2-1-3-5-11/h1-5,12H,6-10H2,(H,15,19)(H,17,18). The van der Waals surface area contributed by atoms with Crippen LogP contribution in [0.25, 0.3) is 0 Å². The molecule has 1 aromatic carbocycles. The highest BCUT2D eigenvalue weighted by Crippen LogP contribution is 2.23. The van der Waals surface area contributed by atoms with Crippen LogP contribution >= 0.6 is 0 Å². The topological polar surface area (TPSA) is 78.9 Å². The van der Waals surface area contributed by atoms with Crippen molar-refractivity contribution in [3.8, 4) is 0 Å². The number of nitrogens with one attached hydrogen (secondary N) is 1. The summed E-state index contributed by atoms with van der Waals surface area (Å²) >= 11 is 0. The highest BCUT2D eigenvalue weighted by molar-refractivity contribution is 5.76. The number of nitrogens with zero attached hydrogens (tertiary/aromatic N) is 1. The summed E-state index contributed by atoms with van der Waals surface area (Å²) < 4.78 is 5.44. The summed E-state index contributed by atoms with van der Waals surface area (Å²) in [5.74, 6) is -0.924. The van der Waals surface area contributed by atoms with Crippen molar-refractivity contribution in [2.24, 2.45) is 0 Å². The number of aliphatic carboxylic acids is 1. The number of carboxylic acids is 1. The Morgan fingerprint density at radius 1 is 1.35 bits per heavy atom. The minimum Gasteiger partial charge on any atom is -0.481 e. The van der Waals surface area contributed by atoms with Gasteiger partial charge in [-0.1, -0.05) is 30.3 Å². The number of amides is 2. The zero-order valence-corrected chi connectivity index (χ0v) is 11.1. The van der Waals surface area contributed by atoms with Crippen LogP contribution in [0, 0.1) is 0 Å². The molecule has 0 radical (unpaired) electrons. The lowest BCUT2D eigenvalue weighted by molar-refractivity contribution is -0.136. The first kappa shape index (κ1) is 14.3. The van der Waals surface area contributed by atoms with Gasteiger partial charge in [-0.2, -0.15) is 0 Å². The zero-order valence-electron chi connectivity index (χ0n) is 11.1. The fourth-order valence-corrected chi connectivity index (χ4v) is 2.18. The van der Waals surface area contributed by atoms with Crippen LogP contribution in [-0.2, 0) is 9.53 Å². The van der Waals surface area contributed by atoms with Crippen molar-refractivity contribution in [2.75, 3.05) is 26.3 Å². The number of hydrogen-bond acceptors (Lipinski definition) is 3. The smallest absolute Gasteiger partial charge is 0.318 e. The van der Waals surface area contributed by atoms with Gasteiger partial charge in [-0.3, -0.25) is 4.79 Å². The van der Waals surface area contributed by atoms with Gasteiger partial charge in [-0.05, 0) is 5.56 Å². The Labute approximate surface area is 117 Å².